The van der Waals surface area contributed by atoms with Gasteiger partial charge < -0.3 is 14.4 Å². The summed E-state index contributed by atoms with van der Waals surface area (Å²) in [5.41, 5.74) is 2.08. The van der Waals surface area contributed by atoms with Gasteiger partial charge in [-0.3, -0.25) is 0 Å². The minimum atomic E-state index is 0.301. The summed E-state index contributed by atoms with van der Waals surface area (Å²) in [4.78, 5) is 2.57. The summed E-state index contributed by atoms with van der Waals surface area (Å²) in [6.45, 7) is 16.6. The first-order valence-corrected chi connectivity index (χ1v) is 15.2. The van der Waals surface area contributed by atoms with Crippen LogP contribution in [0.15, 0.2) is 30.3 Å². The maximum absolute atomic E-state index is 6.94. The average molecular weight is 506 g/mol. The monoisotopic (exact) mass is 505 g/mol. The van der Waals surface area contributed by atoms with Gasteiger partial charge in [0.05, 0.1) is 17.9 Å². The maximum atomic E-state index is 6.94. The fourth-order valence-electron chi connectivity index (χ4n) is 7.21. The smallest absolute Gasteiger partial charge is 0.147 e. The van der Waals surface area contributed by atoms with Crippen LogP contribution in [-0.2, 0) is 0 Å². The van der Waals surface area contributed by atoms with Crippen LogP contribution in [0, 0.1) is 22.7 Å². The minimum absolute atomic E-state index is 0.301. The molecule has 0 amide bonds. The first-order chi connectivity index (χ1) is 17.6. The number of rotatable bonds is 5. The van der Waals surface area contributed by atoms with Gasteiger partial charge in [-0.2, -0.15) is 0 Å². The van der Waals surface area contributed by atoms with Gasteiger partial charge in [0, 0.05) is 29.9 Å². The van der Waals surface area contributed by atoms with Crippen LogP contribution in [0.2, 0.25) is 0 Å². The Balaban J connectivity index is 1.42. The van der Waals surface area contributed by atoms with Crippen molar-refractivity contribution in [2.24, 2.45) is 22.7 Å². The maximum Gasteiger partial charge on any atom is 0.147 e. The Morgan fingerprint density at radius 3 is 1.57 bits per heavy atom. The van der Waals surface area contributed by atoms with Crippen LogP contribution in [0.1, 0.15) is 106 Å². The first-order valence-electron chi connectivity index (χ1n) is 15.2. The Morgan fingerprint density at radius 1 is 0.622 bits per heavy atom. The van der Waals surface area contributed by atoms with Gasteiger partial charge in [0.2, 0.25) is 0 Å². The number of nitrogens with zero attached hydrogens (tertiary/aromatic N) is 1. The largest absolute Gasteiger partial charge is 0.490 e. The Bertz CT molecular complexity index is 1040. The lowest BCUT2D eigenvalue weighted by Crippen LogP contribution is -2.31. The number of anilines is 1. The molecule has 204 valence electrons. The molecule has 1 heterocycles. The normalized spacial score (nSPS) is 27.5. The quantitative estimate of drug-likeness (QED) is 0.404. The van der Waals surface area contributed by atoms with Crippen molar-refractivity contribution < 1.29 is 9.47 Å². The molecular formula is C34H51NO2. The second-order valence-electron chi connectivity index (χ2n) is 14.4. The summed E-state index contributed by atoms with van der Waals surface area (Å²) in [5, 5.41) is 2.54. The molecule has 0 aromatic heterocycles. The van der Waals surface area contributed by atoms with Gasteiger partial charge in [0.15, 0.2) is 0 Å². The summed E-state index contributed by atoms with van der Waals surface area (Å²) < 4.78 is 13.8. The molecule has 1 aliphatic heterocycles. The molecule has 0 unspecified atom stereocenters. The van der Waals surface area contributed by atoms with Crippen molar-refractivity contribution in [3.8, 4) is 11.5 Å². The molecule has 3 heteroatoms. The van der Waals surface area contributed by atoms with Crippen LogP contribution in [0.5, 0.6) is 11.5 Å². The molecule has 0 atom stereocenters. The third-order valence-corrected chi connectivity index (χ3v) is 9.75. The summed E-state index contributed by atoms with van der Waals surface area (Å²) in [6, 6.07) is 11.1. The molecule has 0 N–H and O–H groups in total. The molecule has 5 rings (SSSR count). The molecule has 37 heavy (non-hydrogen) atoms. The molecule has 3 nitrogen and oxygen atoms in total. The van der Waals surface area contributed by atoms with Gasteiger partial charge in [-0.1, -0.05) is 65.8 Å². The lowest BCUT2D eigenvalue weighted by molar-refractivity contribution is 0.0845. The van der Waals surface area contributed by atoms with Crippen LogP contribution in [-0.4, -0.2) is 25.3 Å². The van der Waals surface area contributed by atoms with Crippen LogP contribution < -0.4 is 14.4 Å². The van der Waals surface area contributed by atoms with Crippen molar-refractivity contribution >= 4 is 16.5 Å². The Labute approximate surface area is 226 Å². The Morgan fingerprint density at radius 2 is 1.08 bits per heavy atom. The summed E-state index contributed by atoms with van der Waals surface area (Å²) in [7, 11) is 0. The minimum Gasteiger partial charge on any atom is -0.490 e. The van der Waals surface area contributed by atoms with Crippen molar-refractivity contribution in [2.75, 3.05) is 18.0 Å². The van der Waals surface area contributed by atoms with Gasteiger partial charge >= 0.3 is 0 Å². The Hall–Kier alpha value is -1.90. The second kappa shape index (κ2) is 10.7. The zero-order valence-electron chi connectivity index (χ0n) is 24.4. The van der Waals surface area contributed by atoms with E-state index in [1.54, 1.807) is 0 Å². The zero-order valence-corrected chi connectivity index (χ0v) is 24.4. The van der Waals surface area contributed by atoms with E-state index in [-0.39, 0.29) is 0 Å². The second-order valence-corrected chi connectivity index (χ2v) is 14.4. The van der Waals surface area contributed by atoms with Gasteiger partial charge in [-0.15, -0.1) is 0 Å². The molecule has 3 fully saturated rings. The van der Waals surface area contributed by atoms with E-state index in [9.17, 15) is 0 Å². The van der Waals surface area contributed by atoms with E-state index in [1.807, 2.05) is 0 Å². The van der Waals surface area contributed by atoms with E-state index >= 15 is 0 Å². The molecule has 0 radical (unpaired) electrons. The predicted octanol–water partition coefficient (Wildman–Crippen LogP) is 9.41. The first kappa shape index (κ1) is 26.7. The van der Waals surface area contributed by atoms with E-state index < -0.39 is 0 Å². The fourth-order valence-corrected chi connectivity index (χ4v) is 7.21. The van der Waals surface area contributed by atoms with Crippen molar-refractivity contribution in [3.05, 3.63) is 30.3 Å². The average Bonchev–Trinajstić information content (AvgIpc) is 3.38. The van der Waals surface area contributed by atoms with Gasteiger partial charge in [0.25, 0.3) is 0 Å². The van der Waals surface area contributed by atoms with E-state index in [0.717, 1.165) is 62.1 Å². The third-order valence-electron chi connectivity index (χ3n) is 9.75. The molecule has 1 saturated heterocycles. The van der Waals surface area contributed by atoms with E-state index in [1.165, 1.54) is 55.0 Å². The molecule has 0 spiro atoms. The van der Waals surface area contributed by atoms with Crippen molar-refractivity contribution in [2.45, 2.75) is 118 Å². The number of ether oxygens (including phenoxy) is 2. The van der Waals surface area contributed by atoms with Crippen molar-refractivity contribution in [1.29, 1.82) is 0 Å². The highest BCUT2D eigenvalue weighted by Gasteiger charge is 2.33. The molecule has 0 bridgehead atoms. The molecule has 2 aromatic carbocycles. The van der Waals surface area contributed by atoms with Crippen LogP contribution in [0.4, 0.5) is 5.69 Å². The molecular weight excluding hydrogens is 454 g/mol. The van der Waals surface area contributed by atoms with E-state index in [4.69, 9.17) is 9.47 Å². The highest BCUT2D eigenvalue weighted by Crippen LogP contribution is 2.47. The van der Waals surface area contributed by atoms with E-state index in [0.29, 0.717) is 23.0 Å². The zero-order chi connectivity index (χ0) is 26.2. The topological polar surface area (TPSA) is 21.7 Å². The number of hydrogen-bond acceptors (Lipinski definition) is 3. The summed E-state index contributed by atoms with van der Waals surface area (Å²) in [5.74, 6) is 3.67. The molecule has 2 aromatic rings. The standard InChI is InChI=1S/C34H51NO2/c1-33(2,3)24-13-17-26(18-14-24)36-30-23-31(37-27-19-15-25(16-20-27)34(4,5)6)32(35-21-9-10-22-35)29-12-8-7-11-28(29)30/h7-8,11-12,23-27H,9-10,13-22H2,1-6H3. The third kappa shape index (κ3) is 6.07. The highest BCUT2D eigenvalue weighted by molar-refractivity contribution is 6.01. The van der Waals surface area contributed by atoms with E-state index in [2.05, 4.69) is 76.8 Å². The van der Waals surface area contributed by atoms with Gasteiger partial charge in [-0.05, 0) is 86.9 Å². The van der Waals surface area contributed by atoms with Crippen LogP contribution >= 0.6 is 0 Å². The fraction of sp³-hybridized carbons (Fsp3) is 0.706. The summed E-state index contributed by atoms with van der Waals surface area (Å²) >= 11 is 0. The molecule has 2 saturated carbocycles. The van der Waals surface area contributed by atoms with Crippen LogP contribution in [0.25, 0.3) is 10.8 Å². The number of hydrogen-bond donors (Lipinski definition) is 0. The van der Waals surface area contributed by atoms with Crippen molar-refractivity contribution in [1.82, 2.24) is 0 Å². The molecule has 3 aliphatic rings. The van der Waals surface area contributed by atoms with Gasteiger partial charge in [-0.25, -0.2) is 0 Å². The van der Waals surface area contributed by atoms with Gasteiger partial charge in [0.1, 0.15) is 11.5 Å². The number of fused-ring (bicyclic) bond motifs is 1. The number of benzene rings is 2. The predicted molar refractivity (Wildman–Crippen MR) is 157 cm³/mol. The summed E-state index contributed by atoms with van der Waals surface area (Å²) in [6.07, 6.45) is 12.8. The van der Waals surface area contributed by atoms with Crippen LogP contribution in [0.3, 0.4) is 0 Å². The molecule has 2 aliphatic carbocycles. The highest BCUT2D eigenvalue weighted by atomic mass is 16.5. The Kier molecular flexibility index (Phi) is 7.72. The SMILES string of the molecule is CC(C)(C)C1CCC(Oc2cc(OC3CCC(C(C)(C)C)CC3)c3ccccc3c2N2CCCC2)CC1. The lowest BCUT2D eigenvalue weighted by atomic mass is 9.72. The van der Waals surface area contributed by atoms with Crippen molar-refractivity contribution in [3.63, 3.8) is 0 Å². The lowest BCUT2D eigenvalue weighted by Gasteiger charge is -2.38.